The van der Waals surface area contributed by atoms with Gasteiger partial charge in [-0.25, -0.2) is 4.79 Å². The number of fused-ring (bicyclic) bond motifs is 1. The number of carbonyl (C=O) groups excluding carboxylic acids is 2. The third kappa shape index (κ3) is 3.12. The van der Waals surface area contributed by atoms with Gasteiger partial charge < -0.3 is 14.8 Å². The second kappa shape index (κ2) is 7.45. The summed E-state index contributed by atoms with van der Waals surface area (Å²) in [5.74, 6) is 0.371. The topological polar surface area (TPSA) is 67.9 Å². The normalized spacial score (nSPS) is 21.3. The highest BCUT2D eigenvalue weighted by atomic mass is 35.5. The van der Waals surface area contributed by atoms with Crippen molar-refractivity contribution in [3.63, 3.8) is 0 Å². The molecule has 146 valence electrons. The minimum absolute atomic E-state index is 0.0891. The van der Waals surface area contributed by atoms with Crippen LogP contribution in [-0.2, 0) is 28.2 Å². The third-order valence-corrected chi connectivity index (χ3v) is 5.37. The van der Waals surface area contributed by atoms with Crippen molar-refractivity contribution >= 4 is 23.5 Å². The summed E-state index contributed by atoms with van der Waals surface area (Å²) in [4.78, 5) is 27.5. The molecule has 0 saturated carbocycles. The summed E-state index contributed by atoms with van der Waals surface area (Å²) < 4.78 is 10.9. The molecule has 0 unspecified atom stereocenters. The number of hydrogen-bond acceptors (Lipinski definition) is 4. The maximum absolute atomic E-state index is 13.4. The summed E-state index contributed by atoms with van der Waals surface area (Å²) in [7, 11) is 0. The predicted molar refractivity (Wildman–Crippen MR) is 104 cm³/mol. The Morgan fingerprint density at radius 1 is 1.21 bits per heavy atom. The maximum Gasteiger partial charge on any atom is 0.325 e. The molecule has 2 aliphatic rings. The molecule has 2 aromatic rings. The fourth-order valence-electron chi connectivity index (χ4n) is 3.92. The van der Waals surface area contributed by atoms with Crippen molar-refractivity contribution in [3.05, 3.63) is 64.2 Å². The lowest BCUT2D eigenvalue weighted by molar-refractivity contribution is -0.132. The van der Waals surface area contributed by atoms with Gasteiger partial charge in [-0.05, 0) is 24.1 Å². The van der Waals surface area contributed by atoms with E-state index in [2.05, 4.69) is 5.32 Å². The molecule has 2 aromatic carbocycles. The van der Waals surface area contributed by atoms with Crippen LogP contribution in [0.4, 0.5) is 4.79 Å². The summed E-state index contributed by atoms with van der Waals surface area (Å²) >= 11 is 6.23. The molecule has 1 fully saturated rings. The number of imide groups is 1. The summed E-state index contributed by atoms with van der Waals surface area (Å²) in [5, 5.41) is 3.45. The Balaban J connectivity index is 1.70. The Morgan fingerprint density at radius 2 is 2.00 bits per heavy atom. The van der Waals surface area contributed by atoms with Crippen LogP contribution in [0.2, 0.25) is 5.02 Å². The molecule has 0 spiro atoms. The van der Waals surface area contributed by atoms with Crippen molar-refractivity contribution in [2.75, 3.05) is 6.79 Å². The molecule has 0 radical (unpaired) electrons. The first-order valence-electron chi connectivity index (χ1n) is 9.26. The fraction of sp³-hybridized carbons (Fsp3) is 0.333. The average molecular weight is 401 g/mol. The van der Waals surface area contributed by atoms with Crippen molar-refractivity contribution in [1.29, 1.82) is 0 Å². The number of amides is 3. The number of halogens is 1. The molecule has 28 heavy (non-hydrogen) atoms. The lowest BCUT2D eigenvalue weighted by Crippen LogP contribution is -2.43. The van der Waals surface area contributed by atoms with Crippen LogP contribution in [-0.4, -0.2) is 23.6 Å². The minimum Gasteiger partial charge on any atom is -0.467 e. The van der Waals surface area contributed by atoms with E-state index in [0.717, 1.165) is 17.5 Å². The molecule has 1 atom stereocenters. The first kappa shape index (κ1) is 18.8. The highest BCUT2D eigenvalue weighted by molar-refractivity contribution is 6.30. The number of urea groups is 1. The van der Waals surface area contributed by atoms with E-state index >= 15 is 0 Å². The first-order valence-corrected chi connectivity index (χ1v) is 9.64. The van der Waals surface area contributed by atoms with E-state index in [0.29, 0.717) is 29.4 Å². The zero-order chi connectivity index (χ0) is 19.7. The van der Waals surface area contributed by atoms with Gasteiger partial charge in [0.25, 0.3) is 5.91 Å². The Bertz CT molecular complexity index is 918. The van der Waals surface area contributed by atoms with Gasteiger partial charge in [-0.2, -0.15) is 0 Å². The van der Waals surface area contributed by atoms with E-state index in [1.54, 1.807) is 12.1 Å². The summed E-state index contributed by atoms with van der Waals surface area (Å²) in [6.07, 6.45) is 1.28. The zero-order valence-electron chi connectivity index (χ0n) is 15.5. The van der Waals surface area contributed by atoms with Crippen LogP contribution in [0, 0.1) is 0 Å². The molecular weight excluding hydrogens is 380 g/mol. The number of carbonyl (C=O) groups is 2. The highest BCUT2D eigenvalue weighted by Crippen LogP contribution is 2.37. The Morgan fingerprint density at radius 3 is 2.75 bits per heavy atom. The van der Waals surface area contributed by atoms with E-state index in [1.165, 1.54) is 4.90 Å². The standard InChI is InChI=1S/C21H21ClN2O4/c1-2-8-21(16-6-4-3-5-7-16)19(25)24(20(26)23-21)11-14-9-17(22)10-15-12-27-13-28-18(14)15/h3-7,9-10H,2,8,11-13H2,1H3,(H,23,26)/t21-/m0/s1. The fourth-order valence-corrected chi connectivity index (χ4v) is 4.18. The molecule has 1 saturated heterocycles. The second-order valence-electron chi connectivity index (χ2n) is 7.01. The average Bonchev–Trinajstić information content (AvgIpc) is 2.94. The molecular formula is C21H21ClN2O4. The van der Waals surface area contributed by atoms with Crippen LogP contribution < -0.4 is 10.1 Å². The molecule has 0 aromatic heterocycles. The van der Waals surface area contributed by atoms with Crippen LogP contribution in [0.15, 0.2) is 42.5 Å². The third-order valence-electron chi connectivity index (χ3n) is 5.15. The van der Waals surface area contributed by atoms with E-state index in [9.17, 15) is 9.59 Å². The van der Waals surface area contributed by atoms with Gasteiger partial charge in [0.1, 0.15) is 11.3 Å². The van der Waals surface area contributed by atoms with Crippen molar-refractivity contribution < 1.29 is 19.1 Å². The molecule has 2 heterocycles. The van der Waals surface area contributed by atoms with Gasteiger partial charge in [0.15, 0.2) is 6.79 Å². The SMILES string of the molecule is CCC[C@@]1(c2ccccc2)NC(=O)N(Cc2cc(Cl)cc3c2OCOC3)C1=O. The molecule has 2 aliphatic heterocycles. The quantitative estimate of drug-likeness (QED) is 0.771. The van der Waals surface area contributed by atoms with Gasteiger partial charge in [0, 0.05) is 16.1 Å². The number of nitrogens with zero attached hydrogens (tertiary/aromatic N) is 1. The van der Waals surface area contributed by atoms with Gasteiger partial charge in [-0.1, -0.05) is 55.3 Å². The molecule has 0 aliphatic carbocycles. The van der Waals surface area contributed by atoms with E-state index in [4.69, 9.17) is 21.1 Å². The summed E-state index contributed by atoms with van der Waals surface area (Å²) in [6.45, 7) is 2.60. The Labute approximate surface area is 168 Å². The van der Waals surface area contributed by atoms with Crippen molar-refractivity contribution in [3.8, 4) is 5.75 Å². The van der Waals surface area contributed by atoms with Crippen LogP contribution in [0.3, 0.4) is 0 Å². The number of benzene rings is 2. The van der Waals surface area contributed by atoms with Crippen molar-refractivity contribution in [1.82, 2.24) is 10.2 Å². The lowest BCUT2D eigenvalue weighted by Gasteiger charge is -2.27. The van der Waals surface area contributed by atoms with Gasteiger partial charge in [-0.3, -0.25) is 9.69 Å². The number of hydrogen-bond donors (Lipinski definition) is 1. The monoisotopic (exact) mass is 400 g/mol. The highest BCUT2D eigenvalue weighted by Gasteiger charge is 2.51. The number of nitrogens with one attached hydrogen (secondary N) is 1. The first-order chi connectivity index (χ1) is 13.5. The van der Waals surface area contributed by atoms with E-state index in [1.807, 2.05) is 37.3 Å². The van der Waals surface area contributed by atoms with Crippen LogP contribution in [0.1, 0.15) is 36.5 Å². The second-order valence-corrected chi connectivity index (χ2v) is 7.44. The largest absolute Gasteiger partial charge is 0.467 e. The van der Waals surface area contributed by atoms with Crippen LogP contribution in [0.25, 0.3) is 0 Å². The van der Waals surface area contributed by atoms with Gasteiger partial charge in [0.2, 0.25) is 0 Å². The number of ether oxygens (including phenoxy) is 2. The Kier molecular flexibility index (Phi) is 5.00. The summed E-state index contributed by atoms with van der Waals surface area (Å²) in [6, 6.07) is 12.5. The molecule has 3 amide bonds. The predicted octanol–water partition coefficient (Wildman–Crippen LogP) is 3.95. The van der Waals surface area contributed by atoms with Gasteiger partial charge >= 0.3 is 6.03 Å². The van der Waals surface area contributed by atoms with Gasteiger partial charge in [-0.15, -0.1) is 0 Å². The lowest BCUT2D eigenvalue weighted by atomic mass is 9.85. The van der Waals surface area contributed by atoms with Gasteiger partial charge in [0.05, 0.1) is 13.2 Å². The van der Waals surface area contributed by atoms with Crippen molar-refractivity contribution in [2.45, 2.75) is 38.5 Å². The smallest absolute Gasteiger partial charge is 0.325 e. The Hall–Kier alpha value is -2.57. The van der Waals surface area contributed by atoms with Crippen molar-refractivity contribution in [2.24, 2.45) is 0 Å². The molecule has 0 bridgehead atoms. The van der Waals surface area contributed by atoms with Crippen LogP contribution >= 0.6 is 11.6 Å². The minimum atomic E-state index is -1.05. The maximum atomic E-state index is 13.4. The summed E-state index contributed by atoms with van der Waals surface area (Å²) in [5.41, 5.74) is 1.24. The van der Waals surface area contributed by atoms with Crippen LogP contribution in [0.5, 0.6) is 5.75 Å². The number of rotatable bonds is 5. The van der Waals surface area contributed by atoms with E-state index < -0.39 is 11.6 Å². The molecule has 7 heteroatoms. The zero-order valence-corrected chi connectivity index (χ0v) is 16.3. The van der Waals surface area contributed by atoms with E-state index in [-0.39, 0.29) is 19.2 Å². The molecule has 4 rings (SSSR count). The molecule has 1 N–H and O–H groups in total. The molecule has 6 nitrogen and oxygen atoms in total.